The average Bonchev–Trinajstić information content (AvgIpc) is 3.02. The van der Waals surface area contributed by atoms with E-state index in [1.807, 2.05) is 19.1 Å². The Labute approximate surface area is 136 Å². The summed E-state index contributed by atoms with van der Waals surface area (Å²) in [6.45, 7) is 12.5. The van der Waals surface area contributed by atoms with E-state index < -0.39 is 0 Å². The van der Waals surface area contributed by atoms with Crippen molar-refractivity contribution in [2.75, 3.05) is 19.7 Å². The van der Waals surface area contributed by atoms with Crippen molar-refractivity contribution in [1.82, 2.24) is 10.3 Å². The van der Waals surface area contributed by atoms with Crippen LogP contribution in [0.15, 0.2) is 40.6 Å². The van der Waals surface area contributed by atoms with E-state index in [9.17, 15) is 0 Å². The van der Waals surface area contributed by atoms with Gasteiger partial charge in [0.25, 0.3) is 0 Å². The molecular formula is C16H26BrN3O. The Morgan fingerprint density at radius 1 is 1.43 bits per heavy atom. The average molecular weight is 356 g/mol. The summed E-state index contributed by atoms with van der Waals surface area (Å²) >= 11 is 3.32. The van der Waals surface area contributed by atoms with Gasteiger partial charge < -0.3 is 10.2 Å². The lowest BCUT2D eigenvalue weighted by atomic mass is 10.2. The second kappa shape index (κ2) is 13.8. The fourth-order valence-corrected chi connectivity index (χ4v) is 1.62. The summed E-state index contributed by atoms with van der Waals surface area (Å²) in [5.41, 5.74) is 1.83. The predicted octanol–water partition coefficient (Wildman–Crippen LogP) is 4.17. The second-order valence-corrected chi connectivity index (χ2v) is 5.16. The van der Waals surface area contributed by atoms with Crippen molar-refractivity contribution < 1.29 is 4.84 Å². The number of halogens is 1. The molecular weight excluding hydrogens is 330 g/mol. The third-order valence-electron chi connectivity index (χ3n) is 2.30. The number of hydrogen-bond donors (Lipinski definition) is 1. The zero-order valence-electron chi connectivity index (χ0n) is 13.2. The fourth-order valence-electron chi connectivity index (χ4n) is 1.39. The summed E-state index contributed by atoms with van der Waals surface area (Å²) in [6, 6.07) is 3.88. The van der Waals surface area contributed by atoms with E-state index in [2.05, 4.69) is 51.8 Å². The first-order valence-corrected chi connectivity index (χ1v) is 8.07. The standard InChI is InChI=1S/C8H7BrN2O.C5H13N.C3H6/c9-6-1-2-7(10-5-6)8-3-4-12-11-8;1-3-5-6-4-2;1-3-2/h1-2,5H,3-4H2;6H,3-5H2,1-2H3;3H,1H2,2H3. The van der Waals surface area contributed by atoms with Gasteiger partial charge in [-0.25, -0.2) is 0 Å². The number of nitrogens with one attached hydrogen (secondary N) is 1. The molecule has 0 unspecified atom stereocenters. The molecule has 0 fully saturated rings. The zero-order chi connectivity index (χ0) is 15.9. The number of nitrogens with zero attached hydrogens (tertiary/aromatic N) is 2. The van der Waals surface area contributed by atoms with Crippen molar-refractivity contribution in [2.45, 2.75) is 33.6 Å². The van der Waals surface area contributed by atoms with E-state index in [1.165, 1.54) is 6.42 Å². The van der Waals surface area contributed by atoms with E-state index in [1.54, 1.807) is 12.3 Å². The molecule has 0 bridgehead atoms. The van der Waals surface area contributed by atoms with Gasteiger partial charge in [-0.15, -0.1) is 6.58 Å². The minimum Gasteiger partial charge on any atom is -0.395 e. The normalized spacial score (nSPS) is 12.1. The Bertz CT molecular complexity index is 400. The molecule has 0 spiro atoms. The highest BCUT2D eigenvalue weighted by atomic mass is 79.9. The quantitative estimate of drug-likeness (QED) is 0.651. The van der Waals surface area contributed by atoms with Gasteiger partial charge in [0, 0.05) is 17.1 Å². The first-order chi connectivity index (χ1) is 10.2. The van der Waals surface area contributed by atoms with E-state index >= 15 is 0 Å². The molecule has 1 aliphatic heterocycles. The Morgan fingerprint density at radius 2 is 2.14 bits per heavy atom. The fraction of sp³-hybridized carbons (Fsp3) is 0.500. The molecule has 118 valence electrons. The van der Waals surface area contributed by atoms with Crippen LogP contribution in [-0.2, 0) is 4.84 Å². The van der Waals surface area contributed by atoms with Crippen LogP contribution in [0.25, 0.3) is 0 Å². The molecule has 0 saturated heterocycles. The van der Waals surface area contributed by atoms with Crippen LogP contribution >= 0.6 is 15.9 Å². The summed E-state index contributed by atoms with van der Waals surface area (Å²) in [5.74, 6) is 0. The Hall–Kier alpha value is -1.20. The lowest BCUT2D eigenvalue weighted by molar-refractivity contribution is 0.174. The first-order valence-electron chi connectivity index (χ1n) is 7.28. The van der Waals surface area contributed by atoms with Gasteiger partial charge in [-0.2, -0.15) is 0 Å². The summed E-state index contributed by atoms with van der Waals surface area (Å²) in [5, 5.41) is 7.07. The molecule has 2 rings (SSSR count). The molecule has 0 radical (unpaired) electrons. The number of oxime groups is 1. The zero-order valence-corrected chi connectivity index (χ0v) is 14.8. The molecule has 1 aliphatic rings. The van der Waals surface area contributed by atoms with E-state index in [4.69, 9.17) is 4.84 Å². The Morgan fingerprint density at radius 3 is 2.52 bits per heavy atom. The highest BCUT2D eigenvalue weighted by Gasteiger charge is 2.10. The number of rotatable bonds is 4. The molecule has 0 amide bonds. The van der Waals surface area contributed by atoms with Gasteiger partial charge in [-0.1, -0.05) is 25.1 Å². The van der Waals surface area contributed by atoms with Crippen molar-refractivity contribution in [3.8, 4) is 0 Å². The van der Waals surface area contributed by atoms with Crippen molar-refractivity contribution in [3.63, 3.8) is 0 Å². The van der Waals surface area contributed by atoms with Gasteiger partial charge in [0.05, 0.1) is 5.69 Å². The van der Waals surface area contributed by atoms with Crippen molar-refractivity contribution in [3.05, 3.63) is 41.2 Å². The van der Waals surface area contributed by atoms with Crippen molar-refractivity contribution >= 4 is 21.6 Å². The SMILES string of the molecule is Brc1ccc(C2=NOCC2)nc1.C=CC.CCCNCC. The molecule has 2 heterocycles. The minimum absolute atomic E-state index is 0.674. The van der Waals surface area contributed by atoms with Crippen LogP contribution in [0.5, 0.6) is 0 Å². The van der Waals surface area contributed by atoms with Gasteiger partial charge in [0.15, 0.2) is 0 Å². The highest BCUT2D eigenvalue weighted by Crippen LogP contribution is 2.11. The summed E-state index contributed by atoms with van der Waals surface area (Å²) in [6.07, 6.45) is 5.61. The Balaban J connectivity index is 0.000000378. The number of hydrogen-bond acceptors (Lipinski definition) is 4. The lowest BCUT2D eigenvalue weighted by Crippen LogP contribution is -2.12. The number of pyridine rings is 1. The molecule has 1 aromatic rings. The maximum Gasteiger partial charge on any atom is 0.122 e. The molecule has 0 saturated carbocycles. The van der Waals surface area contributed by atoms with Crippen LogP contribution in [-0.4, -0.2) is 30.4 Å². The van der Waals surface area contributed by atoms with Crippen molar-refractivity contribution in [1.29, 1.82) is 0 Å². The number of aromatic nitrogens is 1. The maximum absolute atomic E-state index is 4.88. The van der Waals surface area contributed by atoms with E-state index in [0.717, 1.165) is 35.4 Å². The van der Waals surface area contributed by atoms with Gasteiger partial charge in [0.2, 0.25) is 0 Å². The smallest absolute Gasteiger partial charge is 0.122 e. The first kappa shape index (κ1) is 19.8. The predicted molar refractivity (Wildman–Crippen MR) is 93.7 cm³/mol. The van der Waals surface area contributed by atoms with Gasteiger partial charge in [-0.05, 0) is 54.5 Å². The monoisotopic (exact) mass is 355 g/mol. The molecule has 1 aromatic heterocycles. The molecule has 21 heavy (non-hydrogen) atoms. The van der Waals surface area contributed by atoms with Crippen LogP contribution in [0.3, 0.4) is 0 Å². The second-order valence-electron chi connectivity index (χ2n) is 4.24. The molecule has 1 N–H and O–H groups in total. The number of allylic oxidation sites excluding steroid dienone is 1. The van der Waals surface area contributed by atoms with Crippen LogP contribution in [0.2, 0.25) is 0 Å². The van der Waals surface area contributed by atoms with Crippen LogP contribution in [0, 0.1) is 0 Å². The molecule has 0 aromatic carbocycles. The highest BCUT2D eigenvalue weighted by molar-refractivity contribution is 9.10. The minimum atomic E-state index is 0.674. The summed E-state index contributed by atoms with van der Waals surface area (Å²) in [7, 11) is 0. The topological polar surface area (TPSA) is 46.5 Å². The van der Waals surface area contributed by atoms with E-state index in [-0.39, 0.29) is 0 Å². The molecule has 4 nitrogen and oxygen atoms in total. The lowest BCUT2D eigenvalue weighted by Gasteiger charge is -1.95. The molecule has 0 atom stereocenters. The third-order valence-corrected chi connectivity index (χ3v) is 2.77. The third kappa shape index (κ3) is 10.2. The van der Waals surface area contributed by atoms with Crippen molar-refractivity contribution in [2.24, 2.45) is 5.16 Å². The summed E-state index contributed by atoms with van der Waals surface area (Å²) in [4.78, 5) is 9.08. The van der Waals surface area contributed by atoms with Gasteiger partial charge in [0.1, 0.15) is 12.3 Å². The van der Waals surface area contributed by atoms with Crippen LogP contribution in [0.1, 0.15) is 39.3 Å². The maximum atomic E-state index is 4.88. The van der Waals surface area contributed by atoms with Gasteiger partial charge in [-0.3, -0.25) is 4.98 Å². The molecule has 0 aliphatic carbocycles. The molecule has 5 heteroatoms. The Kier molecular flexibility index (Phi) is 13.0. The van der Waals surface area contributed by atoms with Gasteiger partial charge >= 0.3 is 0 Å². The van der Waals surface area contributed by atoms with Crippen LogP contribution in [0.4, 0.5) is 0 Å². The van der Waals surface area contributed by atoms with Crippen LogP contribution < -0.4 is 5.32 Å². The largest absolute Gasteiger partial charge is 0.395 e. The van der Waals surface area contributed by atoms with E-state index in [0.29, 0.717) is 6.61 Å². The summed E-state index contributed by atoms with van der Waals surface area (Å²) < 4.78 is 0.978.